The molecule has 0 aliphatic carbocycles. The van der Waals surface area contributed by atoms with E-state index in [1.54, 1.807) is 12.1 Å². The zero-order valence-corrected chi connectivity index (χ0v) is 23.3. The molecule has 2 rings (SSSR count). The number of nitrogens with one attached hydrogen (secondary N) is 2. The van der Waals surface area contributed by atoms with Crippen LogP contribution in [0.3, 0.4) is 0 Å². The van der Waals surface area contributed by atoms with Crippen LogP contribution >= 0.6 is 0 Å². The van der Waals surface area contributed by atoms with Gasteiger partial charge in [0.25, 0.3) is 0 Å². The molecular weight excluding hydrogens is 476 g/mol. The lowest BCUT2D eigenvalue weighted by molar-refractivity contribution is 0.303. The third-order valence-electron chi connectivity index (χ3n) is 6.22. The second kappa shape index (κ2) is 16.4. The zero-order chi connectivity index (χ0) is 26.3. The summed E-state index contributed by atoms with van der Waals surface area (Å²) in [7, 11) is 1.51. The summed E-state index contributed by atoms with van der Waals surface area (Å²) >= 11 is -2.30. The average Bonchev–Trinajstić information content (AvgIpc) is 2.89. The van der Waals surface area contributed by atoms with E-state index in [1.807, 2.05) is 12.1 Å². The van der Waals surface area contributed by atoms with E-state index in [0.29, 0.717) is 29.8 Å². The SMILES string of the molecule is CCN(CC)CCCNc1nc(Cc2ccc(N(C)S(=O)[O-])cc2)nc(NCCCN(CC)CC)n1. The molecule has 0 radical (unpaired) electrons. The molecule has 0 fully saturated rings. The summed E-state index contributed by atoms with van der Waals surface area (Å²) in [5, 5.41) is 6.73. The van der Waals surface area contributed by atoms with Crippen molar-refractivity contribution in [3.63, 3.8) is 0 Å². The van der Waals surface area contributed by atoms with Crippen molar-refractivity contribution in [2.24, 2.45) is 0 Å². The van der Waals surface area contributed by atoms with Gasteiger partial charge in [0.1, 0.15) is 5.82 Å². The van der Waals surface area contributed by atoms with E-state index in [2.05, 4.69) is 63.1 Å². The van der Waals surface area contributed by atoms with Crippen molar-refractivity contribution >= 4 is 28.9 Å². The topological polar surface area (TPSA) is 113 Å². The molecule has 36 heavy (non-hydrogen) atoms. The van der Waals surface area contributed by atoms with Gasteiger partial charge in [0.15, 0.2) is 0 Å². The zero-order valence-electron chi connectivity index (χ0n) is 22.5. The standard InChI is InChI=1S/C25H44N8O2S/c1-6-32(7-2)18-10-16-26-24-28-23(20-21-12-14-22(15-13-21)31(5)36(34)35)29-25(30-24)27-17-11-19-33(8-3)9-4/h12-15H,6-11,16-20H2,1-5H3,(H,34,35)(H2,26,27,28,29,30)/p-1. The third-order valence-corrected chi connectivity index (χ3v) is 6.88. The number of hydrogen-bond acceptors (Lipinski definition) is 9. The number of rotatable bonds is 18. The molecular formula is C25H43N8O2S-. The van der Waals surface area contributed by atoms with Crippen molar-refractivity contribution in [1.82, 2.24) is 24.8 Å². The number of hydrogen-bond donors (Lipinski definition) is 2. The Hall–Kier alpha value is -2.34. The van der Waals surface area contributed by atoms with Crippen molar-refractivity contribution in [3.05, 3.63) is 35.7 Å². The Morgan fingerprint density at radius 3 is 1.69 bits per heavy atom. The first kappa shape index (κ1) is 29.9. The number of benzene rings is 1. The molecule has 1 aromatic carbocycles. The molecule has 0 bridgehead atoms. The minimum Gasteiger partial charge on any atom is -0.755 e. The first-order chi connectivity index (χ1) is 17.4. The van der Waals surface area contributed by atoms with Gasteiger partial charge >= 0.3 is 0 Å². The molecule has 0 amide bonds. The Bertz CT molecular complexity index is 869. The molecule has 1 heterocycles. The fourth-order valence-corrected chi connectivity index (χ4v) is 4.13. The van der Waals surface area contributed by atoms with Gasteiger partial charge in [-0.1, -0.05) is 39.8 Å². The van der Waals surface area contributed by atoms with Gasteiger partial charge in [-0.15, -0.1) is 0 Å². The highest BCUT2D eigenvalue weighted by atomic mass is 32.2. The molecule has 1 aromatic heterocycles. The average molecular weight is 520 g/mol. The molecule has 0 aliphatic heterocycles. The van der Waals surface area contributed by atoms with Gasteiger partial charge < -0.3 is 29.3 Å². The van der Waals surface area contributed by atoms with E-state index >= 15 is 0 Å². The molecule has 0 spiro atoms. The van der Waals surface area contributed by atoms with Crippen LogP contribution in [-0.4, -0.2) is 92.9 Å². The van der Waals surface area contributed by atoms with Crippen LogP contribution in [0.25, 0.3) is 0 Å². The first-order valence-corrected chi connectivity index (χ1v) is 14.0. The summed E-state index contributed by atoms with van der Waals surface area (Å²) in [6, 6.07) is 7.36. The second-order valence-electron chi connectivity index (χ2n) is 8.57. The van der Waals surface area contributed by atoms with Crippen molar-refractivity contribution in [2.75, 3.05) is 74.3 Å². The highest BCUT2D eigenvalue weighted by Gasteiger charge is 2.09. The van der Waals surface area contributed by atoms with E-state index in [0.717, 1.165) is 70.8 Å². The maximum absolute atomic E-state index is 11.2. The highest BCUT2D eigenvalue weighted by Crippen LogP contribution is 2.17. The van der Waals surface area contributed by atoms with Crippen LogP contribution in [0, 0.1) is 0 Å². The molecule has 1 unspecified atom stereocenters. The fourth-order valence-electron chi connectivity index (χ4n) is 3.83. The lowest BCUT2D eigenvalue weighted by Gasteiger charge is -2.21. The minimum absolute atomic E-state index is 0.523. The lowest BCUT2D eigenvalue weighted by Crippen LogP contribution is -2.26. The van der Waals surface area contributed by atoms with Gasteiger partial charge in [0.05, 0.1) is 0 Å². The van der Waals surface area contributed by atoms with Crippen LogP contribution in [0.1, 0.15) is 51.9 Å². The van der Waals surface area contributed by atoms with Gasteiger partial charge in [-0.3, -0.25) is 4.21 Å². The molecule has 1 atom stereocenters. The summed E-state index contributed by atoms with van der Waals surface area (Å²) in [4.78, 5) is 18.7. The van der Waals surface area contributed by atoms with E-state index in [-0.39, 0.29) is 0 Å². The summed E-state index contributed by atoms with van der Waals surface area (Å²) in [6.45, 7) is 16.5. The van der Waals surface area contributed by atoms with Crippen molar-refractivity contribution in [3.8, 4) is 0 Å². The third kappa shape index (κ3) is 10.3. The van der Waals surface area contributed by atoms with Gasteiger partial charge in [0.2, 0.25) is 11.9 Å². The summed E-state index contributed by atoms with van der Waals surface area (Å²) in [5.74, 6) is 1.81. The van der Waals surface area contributed by atoms with Crippen LogP contribution in [-0.2, 0) is 17.7 Å². The number of aromatic nitrogens is 3. The van der Waals surface area contributed by atoms with Crippen LogP contribution in [0.5, 0.6) is 0 Å². The molecule has 11 heteroatoms. The van der Waals surface area contributed by atoms with Gasteiger partial charge in [-0.2, -0.15) is 15.0 Å². The Labute approximate surface area is 219 Å². The quantitative estimate of drug-likeness (QED) is 0.227. The van der Waals surface area contributed by atoms with Gasteiger partial charge in [0, 0.05) is 43.5 Å². The van der Waals surface area contributed by atoms with Crippen LogP contribution < -0.4 is 14.9 Å². The van der Waals surface area contributed by atoms with E-state index in [9.17, 15) is 8.76 Å². The monoisotopic (exact) mass is 519 g/mol. The van der Waals surface area contributed by atoms with Gasteiger partial charge in [-0.25, -0.2) is 0 Å². The smallest absolute Gasteiger partial charge is 0.227 e. The second-order valence-corrected chi connectivity index (χ2v) is 9.55. The van der Waals surface area contributed by atoms with Crippen molar-refractivity contribution in [2.45, 2.75) is 47.0 Å². The van der Waals surface area contributed by atoms with E-state index < -0.39 is 11.3 Å². The predicted molar refractivity (Wildman–Crippen MR) is 148 cm³/mol. The first-order valence-electron chi connectivity index (χ1n) is 13.0. The van der Waals surface area contributed by atoms with E-state index in [1.165, 1.54) is 11.4 Å². The van der Waals surface area contributed by atoms with Gasteiger partial charge in [-0.05, 0) is 69.8 Å². The predicted octanol–water partition coefficient (Wildman–Crippen LogP) is 2.98. The Morgan fingerprint density at radius 1 is 0.806 bits per heavy atom. The van der Waals surface area contributed by atoms with Crippen LogP contribution in [0.4, 0.5) is 17.6 Å². The Morgan fingerprint density at radius 2 is 1.28 bits per heavy atom. The number of anilines is 3. The normalized spacial score (nSPS) is 12.2. The Kier molecular flexibility index (Phi) is 13.6. The summed E-state index contributed by atoms with van der Waals surface area (Å²) < 4.78 is 23.6. The summed E-state index contributed by atoms with van der Waals surface area (Å²) in [6.07, 6.45) is 2.53. The minimum atomic E-state index is -2.30. The molecule has 2 N–H and O–H groups in total. The van der Waals surface area contributed by atoms with Crippen molar-refractivity contribution in [1.29, 1.82) is 0 Å². The molecule has 2 aromatic rings. The molecule has 0 saturated heterocycles. The molecule has 0 aliphatic rings. The number of nitrogens with zero attached hydrogens (tertiary/aromatic N) is 6. The molecule has 0 saturated carbocycles. The van der Waals surface area contributed by atoms with Crippen LogP contribution in [0.2, 0.25) is 0 Å². The molecule has 202 valence electrons. The maximum Gasteiger partial charge on any atom is 0.227 e. The lowest BCUT2D eigenvalue weighted by atomic mass is 10.1. The molecule has 10 nitrogen and oxygen atoms in total. The largest absolute Gasteiger partial charge is 0.755 e. The fraction of sp³-hybridized carbons (Fsp3) is 0.640. The summed E-state index contributed by atoms with van der Waals surface area (Å²) in [5.41, 5.74) is 1.60. The highest BCUT2D eigenvalue weighted by molar-refractivity contribution is 7.80. The van der Waals surface area contributed by atoms with E-state index in [4.69, 9.17) is 0 Å². The van der Waals surface area contributed by atoms with Crippen molar-refractivity contribution < 1.29 is 8.76 Å². The Balaban J connectivity index is 2.07. The van der Waals surface area contributed by atoms with Crippen LogP contribution in [0.15, 0.2) is 24.3 Å². The maximum atomic E-state index is 11.2.